The first-order valence-corrected chi connectivity index (χ1v) is 5.32. The van der Waals surface area contributed by atoms with Gasteiger partial charge in [0.05, 0.1) is 6.42 Å². The van der Waals surface area contributed by atoms with Crippen LogP contribution >= 0.6 is 0 Å². The van der Waals surface area contributed by atoms with Crippen LogP contribution in [0.4, 0.5) is 0 Å². The predicted octanol–water partition coefficient (Wildman–Crippen LogP) is 1.88. The molecule has 5 heteroatoms. The molecule has 0 spiro atoms. The average molecular weight is 231 g/mol. The van der Waals surface area contributed by atoms with Gasteiger partial charge in [-0.2, -0.15) is 4.98 Å². The number of Topliss-reactive ketones (excluding diaryl/α,β-unsaturated/α-hetero) is 1. The quantitative estimate of drug-likeness (QED) is 0.806. The maximum atomic E-state index is 10.9. The number of aromatic nitrogens is 3. The topological polar surface area (TPSA) is 68.9 Å². The Morgan fingerprint density at radius 3 is 2.82 bits per heavy atom. The summed E-state index contributed by atoms with van der Waals surface area (Å²) in [5.41, 5.74) is 2.76. The van der Waals surface area contributed by atoms with Crippen molar-refractivity contribution in [3.63, 3.8) is 0 Å². The fraction of sp³-hybridized carbons (Fsp3) is 0.333. The molecule has 17 heavy (non-hydrogen) atoms. The molecule has 0 saturated carbocycles. The largest absolute Gasteiger partial charge is 0.338 e. The maximum absolute atomic E-state index is 10.9. The molecule has 2 aromatic rings. The fourth-order valence-electron chi connectivity index (χ4n) is 1.59. The minimum absolute atomic E-state index is 0.00575. The van der Waals surface area contributed by atoms with Gasteiger partial charge in [-0.1, -0.05) is 11.2 Å². The third kappa shape index (κ3) is 2.55. The third-order valence-corrected chi connectivity index (χ3v) is 2.30. The number of carbonyl (C=O) groups excluding carboxylic acids is 1. The highest BCUT2D eigenvalue weighted by molar-refractivity contribution is 5.77. The van der Waals surface area contributed by atoms with Gasteiger partial charge >= 0.3 is 0 Å². The molecule has 0 aliphatic carbocycles. The summed E-state index contributed by atoms with van der Waals surface area (Å²) in [6.07, 6.45) is 1.92. The summed E-state index contributed by atoms with van der Waals surface area (Å²) in [6.45, 7) is 5.40. The number of rotatable bonds is 3. The van der Waals surface area contributed by atoms with E-state index in [4.69, 9.17) is 4.52 Å². The van der Waals surface area contributed by atoms with Gasteiger partial charge in [0, 0.05) is 6.20 Å². The lowest BCUT2D eigenvalue weighted by atomic mass is 10.1. The summed E-state index contributed by atoms with van der Waals surface area (Å²) in [5, 5.41) is 3.83. The monoisotopic (exact) mass is 231 g/mol. The molecule has 2 rings (SSSR count). The van der Waals surface area contributed by atoms with Gasteiger partial charge in [0.15, 0.2) is 0 Å². The number of pyridine rings is 1. The molecule has 2 aromatic heterocycles. The lowest BCUT2D eigenvalue weighted by Crippen LogP contribution is -1.96. The van der Waals surface area contributed by atoms with E-state index in [1.807, 2.05) is 19.9 Å². The highest BCUT2D eigenvalue weighted by atomic mass is 16.5. The molecule has 2 heterocycles. The van der Waals surface area contributed by atoms with E-state index in [1.165, 1.54) is 6.92 Å². The summed E-state index contributed by atoms with van der Waals surface area (Å²) in [5.74, 6) is 0.752. The van der Waals surface area contributed by atoms with Crippen LogP contribution in [0.3, 0.4) is 0 Å². The number of aryl methyl sites for hydroxylation is 2. The molecule has 0 aliphatic rings. The maximum Gasteiger partial charge on any atom is 0.234 e. The van der Waals surface area contributed by atoms with Crippen molar-refractivity contribution in [2.45, 2.75) is 27.2 Å². The molecular formula is C12H13N3O2. The molecule has 0 atom stereocenters. The van der Waals surface area contributed by atoms with Gasteiger partial charge in [-0.25, -0.2) is 0 Å². The molecule has 5 nitrogen and oxygen atoms in total. The van der Waals surface area contributed by atoms with Crippen molar-refractivity contribution in [1.29, 1.82) is 0 Å². The first-order chi connectivity index (χ1) is 8.06. The van der Waals surface area contributed by atoms with E-state index in [-0.39, 0.29) is 12.2 Å². The minimum Gasteiger partial charge on any atom is -0.338 e. The van der Waals surface area contributed by atoms with E-state index in [2.05, 4.69) is 15.1 Å². The summed E-state index contributed by atoms with van der Waals surface area (Å²) in [7, 11) is 0. The fourth-order valence-corrected chi connectivity index (χ4v) is 1.59. The Morgan fingerprint density at radius 1 is 1.41 bits per heavy atom. The van der Waals surface area contributed by atoms with Crippen LogP contribution in [0.15, 0.2) is 16.8 Å². The summed E-state index contributed by atoms with van der Waals surface area (Å²) >= 11 is 0. The highest BCUT2D eigenvalue weighted by Crippen LogP contribution is 2.18. The van der Waals surface area contributed by atoms with Gasteiger partial charge in [-0.3, -0.25) is 9.78 Å². The molecule has 0 N–H and O–H groups in total. The van der Waals surface area contributed by atoms with Crippen molar-refractivity contribution >= 4 is 5.78 Å². The lowest BCUT2D eigenvalue weighted by molar-refractivity contribution is -0.116. The molecule has 88 valence electrons. The Bertz CT molecular complexity index is 561. The van der Waals surface area contributed by atoms with Crippen LogP contribution in [0.25, 0.3) is 11.5 Å². The van der Waals surface area contributed by atoms with Crippen LogP contribution in [0.1, 0.15) is 23.9 Å². The first kappa shape index (κ1) is 11.4. The van der Waals surface area contributed by atoms with Crippen LogP contribution in [-0.4, -0.2) is 20.9 Å². The molecule has 0 fully saturated rings. The molecule has 0 saturated heterocycles. The highest BCUT2D eigenvalue weighted by Gasteiger charge is 2.13. The van der Waals surface area contributed by atoms with Crippen molar-refractivity contribution in [1.82, 2.24) is 15.1 Å². The van der Waals surface area contributed by atoms with Gasteiger partial charge in [0.25, 0.3) is 0 Å². The molecule has 0 aliphatic heterocycles. The second-order valence-electron chi connectivity index (χ2n) is 4.07. The Balaban J connectivity index is 2.33. The average Bonchev–Trinajstić information content (AvgIpc) is 2.65. The first-order valence-electron chi connectivity index (χ1n) is 5.32. The summed E-state index contributed by atoms with van der Waals surface area (Å²) in [4.78, 5) is 19.3. The second-order valence-corrected chi connectivity index (χ2v) is 4.07. The van der Waals surface area contributed by atoms with Crippen molar-refractivity contribution in [3.8, 4) is 11.5 Å². The molecule has 0 unspecified atom stereocenters. The Hall–Kier alpha value is -2.04. The Labute approximate surface area is 98.9 Å². The van der Waals surface area contributed by atoms with E-state index in [1.54, 1.807) is 6.20 Å². The Morgan fingerprint density at radius 2 is 2.18 bits per heavy atom. The van der Waals surface area contributed by atoms with Gasteiger partial charge in [-0.05, 0) is 31.9 Å². The normalized spacial score (nSPS) is 10.5. The number of nitrogens with zero attached hydrogens (tertiary/aromatic N) is 3. The van der Waals surface area contributed by atoms with Crippen molar-refractivity contribution in [2.24, 2.45) is 0 Å². The van der Waals surface area contributed by atoms with Gasteiger partial charge in [0.2, 0.25) is 11.7 Å². The van der Waals surface area contributed by atoms with E-state index < -0.39 is 0 Å². The summed E-state index contributed by atoms with van der Waals surface area (Å²) < 4.78 is 4.99. The zero-order valence-corrected chi connectivity index (χ0v) is 10.0. The molecule has 0 bridgehead atoms. The van der Waals surface area contributed by atoms with Crippen molar-refractivity contribution in [3.05, 3.63) is 29.3 Å². The van der Waals surface area contributed by atoms with Crippen molar-refractivity contribution in [2.75, 3.05) is 0 Å². The number of hydrogen-bond acceptors (Lipinski definition) is 5. The van der Waals surface area contributed by atoms with Crippen LogP contribution in [0.2, 0.25) is 0 Å². The lowest BCUT2D eigenvalue weighted by Gasteiger charge is -2.00. The van der Waals surface area contributed by atoms with Crippen LogP contribution in [0.5, 0.6) is 0 Å². The van der Waals surface area contributed by atoms with Gasteiger partial charge in [-0.15, -0.1) is 0 Å². The van der Waals surface area contributed by atoms with E-state index in [0.29, 0.717) is 17.4 Å². The van der Waals surface area contributed by atoms with E-state index >= 15 is 0 Å². The number of carbonyl (C=O) groups is 1. The van der Waals surface area contributed by atoms with Gasteiger partial charge in [0.1, 0.15) is 11.5 Å². The molecular weight excluding hydrogens is 218 g/mol. The van der Waals surface area contributed by atoms with Gasteiger partial charge < -0.3 is 4.52 Å². The zero-order chi connectivity index (χ0) is 12.4. The summed E-state index contributed by atoms with van der Waals surface area (Å²) in [6, 6.07) is 2.00. The Kier molecular flexibility index (Phi) is 2.99. The van der Waals surface area contributed by atoms with Crippen LogP contribution in [-0.2, 0) is 11.2 Å². The minimum atomic E-state index is -0.00575. The predicted molar refractivity (Wildman–Crippen MR) is 61.4 cm³/mol. The molecule has 0 amide bonds. The van der Waals surface area contributed by atoms with Crippen molar-refractivity contribution < 1.29 is 9.32 Å². The third-order valence-electron chi connectivity index (χ3n) is 2.30. The number of hydrogen-bond donors (Lipinski definition) is 0. The molecule has 0 aromatic carbocycles. The van der Waals surface area contributed by atoms with E-state index in [0.717, 1.165) is 11.1 Å². The van der Waals surface area contributed by atoms with Crippen LogP contribution < -0.4 is 0 Å². The smallest absolute Gasteiger partial charge is 0.234 e. The molecule has 0 radical (unpaired) electrons. The van der Waals surface area contributed by atoms with Crippen LogP contribution in [0, 0.1) is 13.8 Å². The zero-order valence-electron chi connectivity index (χ0n) is 10.0. The number of ketones is 1. The van der Waals surface area contributed by atoms with E-state index in [9.17, 15) is 4.79 Å². The standard InChI is InChI=1S/C12H13N3O2/c1-7-4-8(2)11(13-6-7)12-14-10(17-15-12)5-9(3)16/h4,6H,5H2,1-3H3. The second kappa shape index (κ2) is 4.45. The SMILES string of the molecule is CC(=O)Cc1nc(-c2ncc(C)cc2C)no1.